The number of nitrogens with zero attached hydrogens (tertiary/aromatic N) is 3. The van der Waals surface area contributed by atoms with E-state index < -0.39 is 6.03 Å². The highest BCUT2D eigenvalue weighted by Crippen LogP contribution is 2.35. The topological polar surface area (TPSA) is 96.3 Å². The van der Waals surface area contributed by atoms with Gasteiger partial charge in [0.15, 0.2) is 0 Å². The summed E-state index contributed by atoms with van der Waals surface area (Å²) in [6.45, 7) is 3.96. The fourth-order valence-corrected chi connectivity index (χ4v) is 5.15. The highest BCUT2D eigenvalue weighted by Gasteiger charge is 2.30. The van der Waals surface area contributed by atoms with Crippen molar-refractivity contribution >= 4 is 39.4 Å². The number of hydrogen-bond donors (Lipinski definition) is 2. The van der Waals surface area contributed by atoms with Gasteiger partial charge in [-0.3, -0.25) is 19.2 Å². The second-order valence-corrected chi connectivity index (χ2v) is 8.72. The molecular weight excluding hydrogens is 378 g/mol. The molecule has 2 aromatic rings. The minimum Gasteiger partial charge on any atom is -0.347 e. The van der Waals surface area contributed by atoms with Crippen LogP contribution in [0.4, 0.5) is 4.79 Å². The van der Waals surface area contributed by atoms with Crippen LogP contribution >= 0.6 is 11.3 Å². The molecule has 1 atom stereocenters. The quantitative estimate of drug-likeness (QED) is 0.750. The molecule has 4 rings (SSSR count). The van der Waals surface area contributed by atoms with E-state index in [2.05, 4.69) is 15.3 Å². The van der Waals surface area contributed by atoms with Gasteiger partial charge in [-0.2, -0.15) is 5.10 Å². The minimum atomic E-state index is -0.406. The third-order valence-electron chi connectivity index (χ3n) is 5.48. The smallest absolute Gasteiger partial charge is 0.324 e. The third kappa shape index (κ3) is 3.50. The van der Waals surface area contributed by atoms with Crippen LogP contribution in [0.2, 0.25) is 0 Å². The van der Waals surface area contributed by atoms with E-state index in [0.29, 0.717) is 10.9 Å². The van der Waals surface area contributed by atoms with E-state index in [1.165, 1.54) is 30.6 Å². The molecule has 2 aromatic heterocycles. The number of thiophene rings is 1. The van der Waals surface area contributed by atoms with Crippen molar-refractivity contribution in [2.24, 2.45) is 0 Å². The van der Waals surface area contributed by atoms with Gasteiger partial charge in [-0.1, -0.05) is 19.3 Å². The summed E-state index contributed by atoms with van der Waals surface area (Å²) in [7, 11) is 0. The van der Waals surface area contributed by atoms with Gasteiger partial charge in [0.25, 0.3) is 5.91 Å². The number of fused-ring (bicyclic) bond motifs is 1. The predicted molar refractivity (Wildman–Crippen MR) is 107 cm³/mol. The van der Waals surface area contributed by atoms with E-state index in [4.69, 9.17) is 5.10 Å². The number of aromatic nitrogens is 2. The van der Waals surface area contributed by atoms with Crippen LogP contribution < -0.4 is 10.6 Å². The Labute approximate surface area is 167 Å². The number of carbonyl (C=O) groups is 3. The zero-order valence-electron chi connectivity index (χ0n) is 16.2. The molecule has 0 unspecified atom stereocenters. The molecule has 2 aliphatic rings. The van der Waals surface area contributed by atoms with Gasteiger partial charge in [0, 0.05) is 11.4 Å². The predicted octanol–water partition coefficient (Wildman–Crippen LogP) is 2.58. The Morgan fingerprint density at radius 2 is 2.11 bits per heavy atom. The van der Waals surface area contributed by atoms with Crippen LogP contribution in [-0.2, 0) is 4.79 Å². The zero-order chi connectivity index (χ0) is 19.8. The van der Waals surface area contributed by atoms with Gasteiger partial charge in [0.2, 0.25) is 5.91 Å². The molecule has 8 nitrogen and oxygen atoms in total. The zero-order valence-corrected chi connectivity index (χ0v) is 17.0. The van der Waals surface area contributed by atoms with E-state index in [-0.39, 0.29) is 30.9 Å². The minimum absolute atomic E-state index is 0.0206. The first-order valence-electron chi connectivity index (χ1n) is 9.81. The van der Waals surface area contributed by atoms with Crippen molar-refractivity contribution < 1.29 is 14.4 Å². The molecule has 2 N–H and O–H groups in total. The first-order valence-corrected chi connectivity index (χ1v) is 10.6. The van der Waals surface area contributed by atoms with Crippen LogP contribution in [0.25, 0.3) is 10.2 Å². The van der Waals surface area contributed by atoms with Crippen LogP contribution in [0, 0.1) is 6.92 Å². The van der Waals surface area contributed by atoms with Gasteiger partial charge in [-0.15, -0.1) is 11.3 Å². The molecule has 0 bridgehead atoms. The number of imide groups is 1. The molecule has 9 heteroatoms. The lowest BCUT2D eigenvalue weighted by Gasteiger charge is -2.22. The lowest BCUT2D eigenvalue weighted by Crippen LogP contribution is -2.44. The summed E-state index contributed by atoms with van der Waals surface area (Å²) in [6, 6.07) is 1.58. The Balaban J connectivity index is 1.48. The second-order valence-electron chi connectivity index (χ2n) is 7.69. The van der Waals surface area contributed by atoms with Crippen molar-refractivity contribution in [1.29, 1.82) is 0 Å². The third-order valence-corrected chi connectivity index (χ3v) is 6.61. The molecule has 150 valence electrons. The molecule has 0 aromatic carbocycles. The molecule has 1 saturated heterocycles. The van der Waals surface area contributed by atoms with E-state index in [9.17, 15) is 14.4 Å². The van der Waals surface area contributed by atoms with Crippen LogP contribution in [0.15, 0.2) is 6.07 Å². The fraction of sp³-hybridized carbons (Fsp3) is 0.579. The lowest BCUT2D eigenvalue weighted by atomic mass is 9.96. The highest BCUT2D eigenvalue weighted by atomic mass is 32.1. The SMILES string of the molecule is Cc1nn(C2CCCCC2)c2sc(C(=O)N[C@H](C)CN3C(=O)CNC3=O)cc12. The first-order chi connectivity index (χ1) is 13.4. The molecule has 0 spiro atoms. The fourth-order valence-electron chi connectivity index (χ4n) is 4.01. The first kappa shape index (κ1) is 18.9. The van der Waals surface area contributed by atoms with Crippen molar-refractivity contribution in [2.45, 2.75) is 58.0 Å². The van der Waals surface area contributed by atoms with Crippen molar-refractivity contribution in [3.63, 3.8) is 0 Å². The van der Waals surface area contributed by atoms with Gasteiger partial charge in [0.1, 0.15) is 4.83 Å². The molecule has 0 radical (unpaired) electrons. The Bertz CT molecular complexity index is 912. The van der Waals surface area contributed by atoms with E-state index in [1.54, 1.807) is 6.92 Å². The van der Waals surface area contributed by atoms with Gasteiger partial charge in [-0.25, -0.2) is 4.79 Å². The standard InChI is InChI=1S/C19H25N5O3S/c1-11(10-23-16(25)9-20-19(23)27)21-17(26)15-8-14-12(2)22-24(18(14)28-15)13-6-4-3-5-7-13/h8,11,13H,3-7,9-10H2,1-2H3,(H,20,27)(H,21,26)/t11-/m1/s1. The monoisotopic (exact) mass is 403 g/mol. The Morgan fingerprint density at radius 1 is 1.36 bits per heavy atom. The summed E-state index contributed by atoms with van der Waals surface area (Å²) in [5.74, 6) is -0.452. The lowest BCUT2D eigenvalue weighted by molar-refractivity contribution is -0.125. The summed E-state index contributed by atoms with van der Waals surface area (Å²) in [5.41, 5.74) is 0.947. The van der Waals surface area contributed by atoms with Gasteiger partial charge in [0.05, 0.1) is 29.7 Å². The van der Waals surface area contributed by atoms with Crippen molar-refractivity contribution in [2.75, 3.05) is 13.1 Å². The molecule has 1 saturated carbocycles. The molecule has 28 heavy (non-hydrogen) atoms. The number of hydrogen-bond acceptors (Lipinski definition) is 5. The molecule has 3 heterocycles. The summed E-state index contributed by atoms with van der Waals surface area (Å²) in [6.07, 6.45) is 6.01. The molecule has 1 aliphatic carbocycles. The Kier molecular flexibility index (Phi) is 5.09. The highest BCUT2D eigenvalue weighted by molar-refractivity contribution is 7.20. The molecule has 2 fully saturated rings. The van der Waals surface area contributed by atoms with Crippen molar-refractivity contribution in [3.8, 4) is 0 Å². The van der Waals surface area contributed by atoms with Crippen molar-refractivity contribution in [3.05, 3.63) is 16.6 Å². The summed E-state index contributed by atoms with van der Waals surface area (Å²) < 4.78 is 2.11. The number of urea groups is 1. The van der Waals surface area contributed by atoms with E-state index in [0.717, 1.165) is 33.7 Å². The van der Waals surface area contributed by atoms with Gasteiger partial charge in [-0.05, 0) is 32.8 Å². The van der Waals surface area contributed by atoms with E-state index >= 15 is 0 Å². The number of carbonyl (C=O) groups excluding carboxylic acids is 3. The Morgan fingerprint density at radius 3 is 2.79 bits per heavy atom. The largest absolute Gasteiger partial charge is 0.347 e. The molecule has 1 aliphatic heterocycles. The number of amides is 4. The van der Waals surface area contributed by atoms with Gasteiger partial charge >= 0.3 is 6.03 Å². The molecule has 4 amide bonds. The second kappa shape index (κ2) is 7.54. The van der Waals surface area contributed by atoms with Crippen LogP contribution in [0.3, 0.4) is 0 Å². The average molecular weight is 404 g/mol. The number of rotatable bonds is 5. The maximum absolute atomic E-state index is 12.7. The van der Waals surface area contributed by atoms with Crippen LogP contribution in [-0.4, -0.2) is 51.7 Å². The van der Waals surface area contributed by atoms with Crippen LogP contribution in [0.5, 0.6) is 0 Å². The normalized spacial score (nSPS) is 19.3. The Hall–Kier alpha value is -2.42. The maximum Gasteiger partial charge on any atom is 0.324 e. The van der Waals surface area contributed by atoms with E-state index in [1.807, 2.05) is 13.0 Å². The van der Waals surface area contributed by atoms with Gasteiger partial charge < -0.3 is 10.6 Å². The number of aryl methyl sites for hydroxylation is 1. The van der Waals surface area contributed by atoms with Crippen LogP contribution in [0.1, 0.15) is 60.4 Å². The summed E-state index contributed by atoms with van der Waals surface area (Å²) in [4.78, 5) is 38.9. The average Bonchev–Trinajstić information content (AvgIpc) is 3.34. The summed E-state index contributed by atoms with van der Waals surface area (Å²) >= 11 is 1.46. The van der Waals surface area contributed by atoms with Crippen molar-refractivity contribution in [1.82, 2.24) is 25.3 Å². The molecular formula is C19H25N5O3S. The number of nitrogens with one attached hydrogen (secondary N) is 2. The maximum atomic E-state index is 12.7. The summed E-state index contributed by atoms with van der Waals surface area (Å²) in [5, 5.41) is 11.1.